The molecule has 3 aromatic heterocycles. The van der Waals surface area contributed by atoms with Gasteiger partial charge in [-0.15, -0.1) is 0 Å². The third kappa shape index (κ3) is 9.02. The van der Waals surface area contributed by atoms with Gasteiger partial charge in [0.2, 0.25) is 0 Å². The van der Waals surface area contributed by atoms with Crippen LogP contribution in [0.25, 0.3) is 11.3 Å². The first kappa shape index (κ1) is 32.5. The number of nitrogens with one attached hydrogen (secondary N) is 1. The number of ether oxygens (including phenoxy) is 1. The van der Waals surface area contributed by atoms with Crippen LogP contribution in [0.5, 0.6) is 0 Å². The number of anilines is 2. The zero-order valence-corrected chi connectivity index (χ0v) is 25.5. The highest BCUT2D eigenvalue weighted by Gasteiger charge is 2.39. The Morgan fingerprint density at radius 3 is 2.47 bits per heavy atom. The lowest BCUT2D eigenvalue weighted by atomic mass is 9.73. The summed E-state index contributed by atoms with van der Waals surface area (Å²) in [5, 5.41) is 14.5. The molecule has 4 rings (SSSR count). The number of halogens is 2. The van der Waals surface area contributed by atoms with E-state index in [2.05, 4.69) is 27.2 Å². The molecule has 232 valence electrons. The molecule has 43 heavy (non-hydrogen) atoms. The zero-order chi connectivity index (χ0) is 30.8. The third-order valence-electron chi connectivity index (χ3n) is 8.44. The van der Waals surface area contributed by atoms with Crippen molar-refractivity contribution in [3.8, 4) is 11.3 Å². The fourth-order valence-electron chi connectivity index (χ4n) is 5.78. The van der Waals surface area contributed by atoms with Crippen molar-refractivity contribution in [3.63, 3.8) is 0 Å². The molecule has 7 nitrogen and oxygen atoms in total. The van der Waals surface area contributed by atoms with E-state index in [9.17, 15) is 18.7 Å². The van der Waals surface area contributed by atoms with Crippen LogP contribution in [-0.2, 0) is 15.1 Å². The monoisotopic (exact) mass is 594 g/mol. The molecule has 0 aromatic carbocycles. The Morgan fingerprint density at radius 2 is 1.77 bits per heavy atom. The van der Waals surface area contributed by atoms with Gasteiger partial charge in [-0.25, -0.2) is 18.7 Å². The number of hydrogen-bond acceptors (Lipinski definition) is 7. The maximum atomic E-state index is 13.1. The number of alkyl halides is 2. The highest BCUT2D eigenvalue weighted by atomic mass is 19.3. The maximum Gasteiger partial charge on any atom is 0.308 e. The van der Waals surface area contributed by atoms with Crippen LogP contribution in [0, 0.1) is 18.8 Å². The van der Waals surface area contributed by atoms with Crippen LogP contribution in [0.15, 0.2) is 48.8 Å². The number of pyridine rings is 3. The smallest absolute Gasteiger partial charge is 0.308 e. The lowest BCUT2D eigenvalue weighted by Gasteiger charge is -2.37. The molecule has 0 radical (unpaired) electrons. The quantitative estimate of drug-likeness (QED) is 0.143. The van der Waals surface area contributed by atoms with Crippen molar-refractivity contribution in [2.45, 2.75) is 97.0 Å². The maximum absolute atomic E-state index is 13.1. The number of nitrogens with zero attached hydrogens (tertiary/aromatic N) is 3. The Hall–Kier alpha value is -3.46. The highest BCUT2D eigenvalue weighted by Crippen LogP contribution is 2.41. The van der Waals surface area contributed by atoms with Gasteiger partial charge in [0, 0.05) is 23.5 Å². The highest BCUT2D eigenvalue weighted by molar-refractivity contribution is 5.72. The summed E-state index contributed by atoms with van der Waals surface area (Å²) < 4.78 is 31.7. The molecule has 1 unspecified atom stereocenters. The molecule has 1 aliphatic rings. The average molecular weight is 595 g/mol. The summed E-state index contributed by atoms with van der Waals surface area (Å²) in [5.74, 6) is 0.536. The molecule has 3 heterocycles. The molecule has 2 N–H and O–H groups in total. The molecule has 0 amide bonds. The molecule has 1 aliphatic carbocycles. The second-order valence-corrected chi connectivity index (χ2v) is 11.9. The Bertz CT molecular complexity index is 1330. The first-order chi connectivity index (χ1) is 20.7. The van der Waals surface area contributed by atoms with E-state index in [0.717, 1.165) is 36.8 Å². The van der Waals surface area contributed by atoms with Crippen LogP contribution in [0.1, 0.15) is 101 Å². The summed E-state index contributed by atoms with van der Waals surface area (Å²) in [6, 6.07) is 10.0. The Morgan fingerprint density at radius 1 is 1.02 bits per heavy atom. The van der Waals surface area contributed by atoms with Gasteiger partial charge < -0.3 is 15.2 Å². The van der Waals surface area contributed by atoms with Gasteiger partial charge in [0.15, 0.2) is 0 Å². The number of aliphatic hydroxyl groups is 1. The normalized spacial score (nSPS) is 18.3. The first-order valence-corrected chi connectivity index (χ1v) is 15.5. The van der Waals surface area contributed by atoms with E-state index in [4.69, 9.17) is 4.74 Å². The topological polar surface area (TPSA) is 97.2 Å². The molecule has 0 aliphatic heterocycles. The Balaban J connectivity index is 1.33. The predicted molar refractivity (Wildman–Crippen MR) is 164 cm³/mol. The lowest BCUT2D eigenvalue weighted by Crippen LogP contribution is -2.37. The first-order valence-electron chi connectivity index (χ1n) is 15.5. The van der Waals surface area contributed by atoms with E-state index in [1.807, 2.05) is 31.2 Å². The van der Waals surface area contributed by atoms with Gasteiger partial charge in [-0.2, -0.15) is 0 Å². The van der Waals surface area contributed by atoms with Gasteiger partial charge in [0.1, 0.15) is 17.2 Å². The fourth-order valence-corrected chi connectivity index (χ4v) is 5.78. The second kappa shape index (κ2) is 15.3. The van der Waals surface area contributed by atoms with E-state index in [0.29, 0.717) is 36.7 Å². The van der Waals surface area contributed by atoms with Crippen molar-refractivity contribution < 1.29 is 23.4 Å². The van der Waals surface area contributed by atoms with Crippen LogP contribution in [0.3, 0.4) is 0 Å². The van der Waals surface area contributed by atoms with Crippen LogP contribution in [0.2, 0.25) is 0 Å². The van der Waals surface area contributed by atoms with Crippen molar-refractivity contribution in [2.24, 2.45) is 11.8 Å². The minimum atomic E-state index is -2.59. The summed E-state index contributed by atoms with van der Waals surface area (Å²) in [5.41, 5.74) is 1.66. The molecule has 3 aromatic rings. The molecule has 1 saturated carbocycles. The largest absolute Gasteiger partial charge is 0.465 e. The van der Waals surface area contributed by atoms with Crippen LogP contribution < -0.4 is 5.32 Å². The predicted octanol–water partition coefficient (Wildman–Crippen LogP) is 8.45. The standard InChI is InChI=1S/C34H44F2N4O3/c1-4-5-6-7-8-9-18-43-33(41)24-10-13-27(14-11-24)34(3,42)29-15-12-26(22-38-29)28-19-23(2)20-31(39-28)40-30-21-25(32(35)36)16-17-37-30/h12,15-17,19-22,24,27,32,42H,4-11,13-14,18H2,1-3H3,(H,37,39,40). The van der Waals surface area contributed by atoms with Crippen LogP contribution in [-0.4, -0.2) is 32.6 Å². The molecular formula is C34H44F2N4O3. The van der Waals surface area contributed by atoms with E-state index in [-0.39, 0.29) is 29.2 Å². The minimum Gasteiger partial charge on any atom is -0.465 e. The van der Waals surface area contributed by atoms with Crippen LogP contribution in [0.4, 0.5) is 20.4 Å². The van der Waals surface area contributed by atoms with E-state index < -0.39 is 12.0 Å². The lowest BCUT2D eigenvalue weighted by molar-refractivity contribution is -0.151. The minimum absolute atomic E-state index is 0.0159. The number of rotatable bonds is 14. The van der Waals surface area contributed by atoms with Gasteiger partial charge in [-0.1, -0.05) is 39.0 Å². The summed E-state index contributed by atoms with van der Waals surface area (Å²) in [7, 11) is 0. The third-order valence-corrected chi connectivity index (χ3v) is 8.44. The van der Waals surface area contributed by atoms with Crippen molar-refractivity contribution >= 4 is 17.6 Å². The number of carbonyl (C=O) groups excluding carboxylic acids is 1. The number of aryl methyl sites for hydroxylation is 1. The Kier molecular flexibility index (Phi) is 11.6. The van der Waals surface area contributed by atoms with E-state index >= 15 is 0 Å². The van der Waals surface area contributed by atoms with E-state index in [1.54, 1.807) is 13.1 Å². The van der Waals surface area contributed by atoms with Gasteiger partial charge in [0.25, 0.3) is 6.43 Å². The molecule has 9 heteroatoms. The molecular weight excluding hydrogens is 550 g/mol. The average Bonchev–Trinajstić information content (AvgIpc) is 3.00. The summed E-state index contributed by atoms with van der Waals surface area (Å²) in [6.45, 7) is 6.41. The summed E-state index contributed by atoms with van der Waals surface area (Å²) in [6.07, 6.45) is 10.2. The van der Waals surface area contributed by atoms with Crippen molar-refractivity contribution in [3.05, 3.63) is 65.6 Å². The van der Waals surface area contributed by atoms with Gasteiger partial charge in [-0.05, 0) is 93.8 Å². The molecule has 0 bridgehead atoms. The summed E-state index contributed by atoms with van der Waals surface area (Å²) in [4.78, 5) is 26.0. The summed E-state index contributed by atoms with van der Waals surface area (Å²) >= 11 is 0. The van der Waals surface area contributed by atoms with E-state index in [1.165, 1.54) is 44.0 Å². The SMILES string of the molecule is CCCCCCCCOC(=O)C1CCC(C(C)(O)c2ccc(-c3cc(C)cc(Nc4cc(C(F)F)ccn4)n3)cn2)CC1. The molecule has 0 spiro atoms. The van der Waals surface area contributed by atoms with Crippen LogP contribution >= 0.6 is 0 Å². The van der Waals surface area contributed by atoms with Gasteiger partial charge in [-0.3, -0.25) is 9.78 Å². The van der Waals surface area contributed by atoms with Crippen molar-refractivity contribution in [1.82, 2.24) is 15.0 Å². The molecule has 1 fully saturated rings. The number of carbonyl (C=O) groups is 1. The molecule has 0 saturated heterocycles. The van der Waals surface area contributed by atoms with Crippen molar-refractivity contribution in [2.75, 3.05) is 11.9 Å². The number of esters is 1. The molecule has 1 atom stereocenters. The van der Waals surface area contributed by atoms with Gasteiger partial charge in [0.05, 0.1) is 23.9 Å². The number of hydrogen-bond donors (Lipinski definition) is 2. The number of unbranched alkanes of at least 4 members (excludes halogenated alkanes) is 5. The number of aromatic nitrogens is 3. The van der Waals surface area contributed by atoms with Gasteiger partial charge >= 0.3 is 5.97 Å². The second-order valence-electron chi connectivity index (χ2n) is 11.9. The van der Waals surface area contributed by atoms with Crippen molar-refractivity contribution in [1.29, 1.82) is 0 Å². The fraction of sp³-hybridized carbons (Fsp3) is 0.529. The zero-order valence-electron chi connectivity index (χ0n) is 25.5. The Labute approximate surface area is 253 Å².